The van der Waals surface area contributed by atoms with Gasteiger partial charge in [0.1, 0.15) is 11.6 Å². The Hall–Kier alpha value is -2.92. The normalized spacial score (nSPS) is 13.9. The van der Waals surface area contributed by atoms with Gasteiger partial charge in [-0.25, -0.2) is 4.98 Å². The average molecular weight is 375 g/mol. The zero-order valence-electron chi connectivity index (χ0n) is 16.1. The molecule has 0 aliphatic carbocycles. The fraction of sp³-hybridized carbons (Fsp3) is 0.304. The zero-order valence-corrected chi connectivity index (χ0v) is 16.1. The predicted molar refractivity (Wildman–Crippen MR) is 110 cm³/mol. The van der Waals surface area contributed by atoms with Gasteiger partial charge >= 0.3 is 0 Å². The van der Waals surface area contributed by atoms with Gasteiger partial charge in [0.2, 0.25) is 0 Å². The van der Waals surface area contributed by atoms with E-state index in [2.05, 4.69) is 9.88 Å². The van der Waals surface area contributed by atoms with Crippen molar-refractivity contribution < 1.29 is 9.53 Å². The number of aromatic amines is 1. The summed E-state index contributed by atoms with van der Waals surface area (Å²) in [6.45, 7) is 2.77. The van der Waals surface area contributed by atoms with Crippen LogP contribution >= 0.6 is 0 Å². The summed E-state index contributed by atoms with van der Waals surface area (Å²) in [5.41, 5.74) is 4.21. The molecule has 0 amide bonds. The summed E-state index contributed by atoms with van der Waals surface area (Å²) < 4.78 is 5.22. The molecule has 1 aliphatic rings. The minimum atomic E-state index is 0.224. The van der Waals surface area contributed by atoms with Gasteiger partial charge in [0.25, 0.3) is 0 Å². The Balaban J connectivity index is 1.33. The van der Waals surface area contributed by atoms with Crippen LogP contribution in [0.2, 0.25) is 0 Å². The van der Waals surface area contributed by atoms with Crippen molar-refractivity contribution in [3.63, 3.8) is 0 Å². The van der Waals surface area contributed by atoms with E-state index in [1.54, 1.807) is 7.11 Å². The molecule has 28 heavy (non-hydrogen) atoms. The summed E-state index contributed by atoms with van der Waals surface area (Å²) in [5, 5.41) is 0. The number of carbonyl (C=O) groups excluding carboxylic acids is 1. The lowest BCUT2D eigenvalue weighted by atomic mass is 10.1. The van der Waals surface area contributed by atoms with E-state index in [0.29, 0.717) is 6.42 Å². The number of H-pyrrole nitrogens is 1. The number of hydrogen-bond donors (Lipinski definition) is 1. The fourth-order valence-corrected chi connectivity index (χ4v) is 3.66. The fourth-order valence-electron chi connectivity index (χ4n) is 3.66. The largest absolute Gasteiger partial charge is 0.497 e. The van der Waals surface area contributed by atoms with E-state index in [1.165, 1.54) is 5.69 Å². The molecule has 0 bridgehead atoms. The SMILES string of the molecule is COc1ccc(-c2nc3c([nH]2)CN(CCCC(=O)c2ccccc2)CC3)cc1. The van der Waals surface area contributed by atoms with Crippen LogP contribution in [0.4, 0.5) is 0 Å². The lowest BCUT2D eigenvalue weighted by molar-refractivity contribution is 0.0973. The van der Waals surface area contributed by atoms with Gasteiger partial charge in [0.15, 0.2) is 5.78 Å². The van der Waals surface area contributed by atoms with E-state index in [-0.39, 0.29) is 5.78 Å². The van der Waals surface area contributed by atoms with E-state index in [1.807, 2.05) is 54.6 Å². The quantitative estimate of drug-likeness (QED) is 0.632. The van der Waals surface area contributed by atoms with Crippen molar-refractivity contribution in [2.75, 3.05) is 20.2 Å². The highest BCUT2D eigenvalue weighted by molar-refractivity contribution is 5.95. The summed E-state index contributed by atoms with van der Waals surface area (Å²) in [7, 11) is 1.67. The maximum Gasteiger partial charge on any atom is 0.162 e. The van der Waals surface area contributed by atoms with Crippen LogP contribution in [-0.4, -0.2) is 40.9 Å². The van der Waals surface area contributed by atoms with E-state index in [9.17, 15) is 4.79 Å². The van der Waals surface area contributed by atoms with Crippen molar-refractivity contribution >= 4 is 5.78 Å². The number of aromatic nitrogens is 2. The van der Waals surface area contributed by atoms with E-state index in [4.69, 9.17) is 9.72 Å². The third-order valence-corrected chi connectivity index (χ3v) is 5.25. The molecule has 0 radical (unpaired) electrons. The molecule has 5 nitrogen and oxygen atoms in total. The number of imidazole rings is 1. The highest BCUT2D eigenvalue weighted by Gasteiger charge is 2.20. The van der Waals surface area contributed by atoms with Crippen LogP contribution in [0.5, 0.6) is 5.75 Å². The molecule has 0 saturated carbocycles. The second-order valence-electron chi connectivity index (χ2n) is 7.16. The standard InChI is InChI=1S/C23H25N3O2/c1-28-19-11-9-18(10-12-19)23-24-20-13-15-26(16-21(20)25-23)14-5-8-22(27)17-6-3-2-4-7-17/h2-4,6-7,9-12H,5,8,13-16H2,1H3,(H,24,25). The van der Waals surface area contributed by atoms with Gasteiger partial charge in [-0.2, -0.15) is 0 Å². The third kappa shape index (κ3) is 4.15. The van der Waals surface area contributed by atoms with Crippen molar-refractivity contribution in [3.8, 4) is 17.1 Å². The summed E-state index contributed by atoms with van der Waals surface area (Å²) in [6.07, 6.45) is 2.41. The van der Waals surface area contributed by atoms with Crippen molar-refractivity contribution in [2.45, 2.75) is 25.8 Å². The number of ether oxygens (including phenoxy) is 1. The molecule has 4 rings (SSSR count). The molecule has 3 aromatic rings. The molecule has 5 heteroatoms. The Kier molecular flexibility index (Phi) is 5.53. The van der Waals surface area contributed by atoms with Crippen LogP contribution < -0.4 is 4.74 Å². The molecule has 1 aromatic heterocycles. The lowest BCUT2D eigenvalue weighted by Gasteiger charge is -2.25. The maximum atomic E-state index is 12.2. The van der Waals surface area contributed by atoms with Crippen molar-refractivity contribution in [3.05, 3.63) is 71.5 Å². The Morgan fingerprint density at radius 1 is 1.14 bits per heavy atom. The summed E-state index contributed by atoms with van der Waals surface area (Å²) in [5.74, 6) is 1.98. The molecule has 0 fully saturated rings. The molecular weight excluding hydrogens is 350 g/mol. The van der Waals surface area contributed by atoms with Crippen LogP contribution in [0, 0.1) is 0 Å². The number of ketones is 1. The van der Waals surface area contributed by atoms with Crippen LogP contribution in [0.3, 0.4) is 0 Å². The molecule has 2 aromatic carbocycles. The second kappa shape index (κ2) is 8.40. The summed E-state index contributed by atoms with van der Waals surface area (Å²) in [6, 6.07) is 17.5. The molecule has 144 valence electrons. The topological polar surface area (TPSA) is 58.2 Å². The molecule has 1 N–H and O–H groups in total. The first-order valence-corrected chi connectivity index (χ1v) is 9.76. The number of Topliss-reactive ketones (excluding diaryl/α,β-unsaturated/α-hetero) is 1. The van der Waals surface area contributed by atoms with Gasteiger partial charge in [-0.1, -0.05) is 30.3 Å². The van der Waals surface area contributed by atoms with Crippen molar-refractivity contribution in [2.24, 2.45) is 0 Å². The number of nitrogens with one attached hydrogen (secondary N) is 1. The van der Waals surface area contributed by atoms with Gasteiger partial charge in [-0.3, -0.25) is 9.69 Å². The number of carbonyl (C=O) groups is 1. The minimum absolute atomic E-state index is 0.224. The van der Waals surface area contributed by atoms with Gasteiger partial charge in [-0.15, -0.1) is 0 Å². The zero-order chi connectivity index (χ0) is 19.3. The second-order valence-corrected chi connectivity index (χ2v) is 7.16. The Morgan fingerprint density at radius 3 is 2.68 bits per heavy atom. The Morgan fingerprint density at radius 2 is 1.93 bits per heavy atom. The van der Waals surface area contributed by atoms with Gasteiger partial charge in [0, 0.05) is 37.1 Å². The van der Waals surface area contributed by atoms with Gasteiger partial charge < -0.3 is 9.72 Å². The number of benzene rings is 2. The molecule has 0 atom stereocenters. The summed E-state index contributed by atoms with van der Waals surface area (Å²) in [4.78, 5) is 22.9. The first kappa shape index (κ1) is 18.4. The molecule has 0 unspecified atom stereocenters. The molecule has 1 aliphatic heterocycles. The highest BCUT2D eigenvalue weighted by Crippen LogP contribution is 2.24. The smallest absolute Gasteiger partial charge is 0.162 e. The lowest BCUT2D eigenvalue weighted by Crippen LogP contribution is -2.31. The predicted octanol–water partition coefficient (Wildman–Crippen LogP) is 4.11. The third-order valence-electron chi connectivity index (χ3n) is 5.25. The Labute approximate surface area is 165 Å². The number of hydrogen-bond acceptors (Lipinski definition) is 4. The first-order chi connectivity index (χ1) is 13.7. The molecule has 0 spiro atoms. The highest BCUT2D eigenvalue weighted by atomic mass is 16.5. The van der Waals surface area contributed by atoms with Gasteiger partial charge in [-0.05, 0) is 37.2 Å². The maximum absolute atomic E-state index is 12.2. The molecule has 2 heterocycles. The number of fused-ring (bicyclic) bond motifs is 1. The monoisotopic (exact) mass is 375 g/mol. The molecular formula is C23H25N3O2. The Bertz CT molecular complexity index is 932. The van der Waals surface area contributed by atoms with Crippen LogP contribution in [0.25, 0.3) is 11.4 Å². The number of rotatable bonds is 7. The minimum Gasteiger partial charge on any atom is -0.497 e. The van der Waals surface area contributed by atoms with Crippen LogP contribution in [-0.2, 0) is 13.0 Å². The van der Waals surface area contributed by atoms with Crippen LogP contribution in [0.15, 0.2) is 54.6 Å². The van der Waals surface area contributed by atoms with Gasteiger partial charge in [0.05, 0.1) is 18.5 Å². The van der Waals surface area contributed by atoms with E-state index in [0.717, 1.165) is 60.9 Å². The first-order valence-electron chi connectivity index (χ1n) is 9.76. The van der Waals surface area contributed by atoms with E-state index >= 15 is 0 Å². The summed E-state index contributed by atoms with van der Waals surface area (Å²) >= 11 is 0. The van der Waals surface area contributed by atoms with Crippen molar-refractivity contribution in [1.29, 1.82) is 0 Å². The van der Waals surface area contributed by atoms with Crippen LogP contribution in [0.1, 0.15) is 34.6 Å². The number of nitrogens with zero attached hydrogens (tertiary/aromatic N) is 2. The number of methoxy groups -OCH3 is 1. The van der Waals surface area contributed by atoms with Crippen molar-refractivity contribution in [1.82, 2.24) is 14.9 Å². The molecule has 0 saturated heterocycles. The average Bonchev–Trinajstić information content (AvgIpc) is 3.18. The van der Waals surface area contributed by atoms with E-state index < -0.39 is 0 Å².